The van der Waals surface area contributed by atoms with Crippen LogP contribution < -0.4 is 4.74 Å². The van der Waals surface area contributed by atoms with E-state index in [-0.39, 0.29) is 0 Å². The van der Waals surface area contributed by atoms with Gasteiger partial charge in [-0.05, 0) is 67.5 Å². The third-order valence-electron chi connectivity index (χ3n) is 4.61. The van der Waals surface area contributed by atoms with Gasteiger partial charge in [0.05, 0.1) is 6.61 Å². The van der Waals surface area contributed by atoms with Gasteiger partial charge in [-0.2, -0.15) is 12.6 Å². The maximum absolute atomic E-state index is 6.02. The Labute approximate surface area is 115 Å². The molecule has 0 atom stereocenters. The first-order valence-electron chi connectivity index (χ1n) is 7.17. The second-order valence-electron chi connectivity index (χ2n) is 5.94. The van der Waals surface area contributed by atoms with Crippen molar-refractivity contribution >= 4 is 12.6 Å². The summed E-state index contributed by atoms with van der Waals surface area (Å²) in [6.45, 7) is 0.843. The molecule has 1 nitrogen and oxygen atoms in total. The molecule has 1 fully saturated rings. The first-order valence-corrected chi connectivity index (χ1v) is 7.80. The fourth-order valence-corrected chi connectivity index (χ4v) is 3.47. The lowest BCUT2D eigenvalue weighted by Gasteiger charge is -2.40. The van der Waals surface area contributed by atoms with Crippen molar-refractivity contribution in [2.24, 2.45) is 5.41 Å². The van der Waals surface area contributed by atoms with E-state index in [1.807, 2.05) is 0 Å². The van der Waals surface area contributed by atoms with Gasteiger partial charge in [-0.3, -0.25) is 0 Å². The molecule has 98 valence electrons. The molecule has 1 aromatic carbocycles. The van der Waals surface area contributed by atoms with Crippen LogP contribution in [0, 0.1) is 5.41 Å². The van der Waals surface area contributed by atoms with Crippen LogP contribution in [-0.2, 0) is 12.8 Å². The number of fused-ring (bicyclic) bond motifs is 1. The number of ether oxygens (including phenoxy) is 1. The number of benzene rings is 1. The van der Waals surface area contributed by atoms with Crippen molar-refractivity contribution < 1.29 is 4.74 Å². The lowest BCUT2D eigenvalue weighted by atomic mass is 9.71. The van der Waals surface area contributed by atoms with Gasteiger partial charge in [-0.25, -0.2) is 0 Å². The molecule has 0 heterocycles. The minimum Gasteiger partial charge on any atom is -0.493 e. The lowest BCUT2D eigenvalue weighted by Crippen LogP contribution is -2.37. The Balaban J connectivity index is 1.66. The Kier molecular flexibility index (Phi) is 3.56. The van der Waals surface area contributed by atoms with Gasteiger partial charge in [-0.1, -0.05) is 12.5 Å². The van der Waals surface area contributed by atoms with Crippen molar-refractivity contribution in [3.05, 3.63) is 29.3 Å². The van der Waals surface area contributed by atoms with Gasteiger partial charge in [0.25, 0.3) is 0 Å². The molecule has 2 aliphatic carbocycles. The van der Waals surface area contributed by atoms with Crippen LogP contribution in [0.1, 0.15) is 43.2 Å². The maximum atomic E-state index is 6.02. The Morgan fingerprint density at radius 3 is 2.50 bits per heavy atom. The number of hydrogen-bond acceptors (Lipinski definition) is 2. The number of hydrogen-bond donors (Lipinski definition) is 1. The summed E-state index contributed by atoms with van der Waals surface area (Å²) in [5.74, 6) is 2.02. The lowest BCUT2D eigenvalue weighted by molar-refractivity contribution is 0.0829. The average molecular weight is 262 g/mol. The molecule has 1 aromatic rings. The number of aryl methyl sites for hydroxylation is 2. The number of thiol groups is 1. The highest BCUT2D eigenvalue weighted by Crippen LogP contribution is 2.42. The highest BCUT2D eigenvalue weighted by atomic mass is 32.1. The molecule has 2 heteroatoms. The quantitative estimate of drug-likeness (QED) is 0.806. The highest BCUT2D eigenvalue weighted by molar-refractivity contribution is 7.80. The molecule has 0 bridgehead atoms. The predicted molar refractivity (Wildman–Crippen MR) is 78.7 cm³/mol. The average Bonchev–Trinajstić information content (AvgIpc) is 2.38. The monoisotopic (exact) mass is 262 g/mol. The van der Waals surface area contributed by atoms with Crippen molar-refractivity contribution in [1.82, 2.24) is 0 Å². The van der Waals surface area contributed by atoms with E-state index in [9.17, 15) is 0 Å². The SMILES string of the molecule is SCC1(COc2ccc3c(c2)CCCC3)CCC1. The summed E-state index contributed by atoms with van der Waals surface area (Å²) in [7, 11) is 0. The zero-order valence-electron chi connectivity index (χ0n) is 11.0. The fraction of sp³-hybridized carbons (Fsp3) is 0.625. The molecular weight excluding hydrogens is 240 g/mol. The fourth-order valence-electron chi connectivity index (χ4n) is 3.06. The molecule has 0 aliphatic heterocycles. The van der Waals surface area contributed by atoms with Crippen LogP contribution in [-0.4, -0.2) is 12.4 Å². The van der Waals surface area contributed by atoms with E-state index in [2.05, 4.69) is 30.8 Å². The summed E-state index contributed by atoms with van der Waals surface area (Å²) in [6.07, 6.45) is 9.05. The molecule has 0 amide bonds. The summed E-state index contributed by atoms with van der Waals surface area (Å²) in [5.41, 5.74) is 3.40. The van der Waals surface area contributed by atoms with Crippen LogP contribution in [0.15, 0.2) is 18.2 Å². The molecule has 18 heavy (non-hydrogen) atoms. The molecule has 0 N–H and O–H groups in total. The van der Waals surface area contributed by atoms with Crippen LogP contribution in [0.3, 0.4) is 0 Å². The molecule has 3 rings (SSSR count). The van der Waals surface area contributed by atoms with Crippen molar-refractivity contribution in [3.8, 4) is 5.75 Å². The summed E-state index contributed by atoms with van der Waals surface area (Å²) in [4.78, 5) is 0. The normalized spacial score (nSPS) is 20.9. The van der Waals surface area contributed by atoms with Crippen LogP contribution >= 0.6 is 12.6 Å². The zero-order valence-corrected chi connectivity index (χ0v) is 11.8. The Morgan fingerprint density at radius 1 is 1.06 bits per heavy atom. The van der Waals surface area contributed by atoms with E-state index < -0.39 is 0 Å². The molecule has 1 saturated carbocycles. The second kappa shape index (κ2) is 5.16. The molecule has 0 aromatic heterocycles. The van der Waals surface area contributed by atoms with E-state index >= 15 is 0 Å². The molecular formula is C16H22OS. The maximum Gasteiger partial charge on any atom is 0.119 e. The summed E-state index contributed by atoms with van der Waals surface area (Å²) < 4.78 is 6.02. The third kappa shape index (κ3) is 2.40. The first-order chi connectivity index (χ1) is 8.81. The summed E-state index contributed by atoms with van der Waals surface area (Å²) in [6, 6.07) is 6.67. The summed E-state index contributed by atoms with van der Waals surface area (Å²) >= 11 is 4.48. The van der Waals surface area contributed by atoms with Gasteiger partial charge in [0.15, 0.2) is 0 Å². The zero-order chi connectivity index (χ0) is 12.4. The van der Waals surface area contributed by atoms with Crippen molar-refractivity contribution in [3.63, 3.8) is 0 Å². The van der Waals surface area contributed by atoms with Gasteiger partial charge in [0, 0.05) is 5.41 Å². The van der Waals surface area contributed by atoms with E-state index in [4.69, 9.17) is 4.74 Å². The minimum absolute atomic E-state index is 0.360. The standard InChI is InChI=1S/C16H22OS/c18-12-16(8-3-9-16)11-17-15-7-6-13-4-1-2-5-14(13)10-15/h6-7,10,18H,1-5,8-9,11-12H2. The van der Waals surface area contributed by atoms with Crippen molar-refractivity contribution in [2.75, 3.05) is 12.4 Å². The Bertz CT molecular complexity index is 418. The van der Waals surface area contributed by atoms with Crippen LogP contribution in [0.25, 0.3) is 0 Å². The van der Waals surface area contributed by atoms with E-state index in [0.717, 1.165) is 18.1 Å². The third-order valence-corrected chi connectivity index (χ3v) is 5.29. The minimum atomic E-state index is 0.360. The largest absolute Gasteiger partial charge is 0.493 e. The number of rotatable bonds is 4. The van der Waals surface area contributed by atoms with Crippen molar-refractivity contribution in [2.45, 2.75) is 44.9 Å². The molecule has 0 unspecified atom stereocenters. The van der Waals surface area contributed by atoms with E-state index in [1.54, 1.807) is 0 Å². The molecule has 2 aliphatic rings. The summed E-state index contributed by atoms with van der Waals surface area (Å²) in [5, 5.41) is 0. The van der Waals surface area contributed by atoms with E-state index in [0.29, 0.717) is 5.41 Å². The topological polar surface area (TPSA) is 9.23 Å². The first kappa shape index (κ1) is 12.4. The van der Waals surface area contributed by atoms with E-state index in [1.165, 1.54) is 56.1 Å². The van der Waals surface area contributed by atoms with Gasteiger partial charge < -0.3 is 4.74 Å². The van der Waals surface area contributed by atoms with Gasteiger partial charge >= 0.3 is 0 Å². The highest BCUT2D eigenvalue weighted by Gasteiger charge is 2.36. The molecule has 0 spiro atoms. The second-order valence-corrected chi connectivity index (χ2v) is 6.25. The molecule has 0 saturated heterocycles. The Hall–Kier alpha value is -0.630. The van der Waals surface area contributed by atoms with Gasteiger partial charge in [-0.15, -0.1) is 0 Å². The predicted octanol–water partition coefficient (Wildman–Crippen LogP) is 4.04. The van der Waals surface area contributed by atoms with Crippen LogP contribution in [0.5, 0.6) is 5.75 Å². The van der Waals surface area contributed by atoms with Crippen molar-refractivity contribution in [1.29, 1.82) is 0 Å². The Morgan fingerprint density at radius 2 is 1.83 bits per heavy atom. The molecule has 0 radical (unpaired) electrons. The van der Waals surface area contributed by atoms with Crippen LogP contribution in [0.2, 0.25) is 0 Å². The smallest absolute Gasteiger partial charge is 0.119 e. The van der Waals surface area contributed by atoms with Crippen LogP contribution in [0.4, 0.5) is 0 Å². The van der Waals surface area contributed by atoms with Gasteiger partial charge in [0.2, 0.25) is 0 Å². The van der Waals surface area contributed by atoms with Gasteiger partial charge in [0.1, 0.15) is 5.75 Å².